The van der Waals surface area contributed by atoms with Crippen molar-refractivity contribution in [1.29, 1.82) is 0 Å². The molecule has 0 radical (unpaired) electrons. The van der Waals surface area contributed by atoms with Crippen LogP contribution in [0.3, 0.4) is 0 Å². The molecule has 0 fully saturated rings. The summed E-state index contributed by atoms with van der Waals surface area (Å²) in [6.45, 7) is 4.85. The first-order chi connectivity index (χ1) is 6.24. The van der Waals surface area contributed by atoms with Gasteiger partial charge in [-0.25, -0.2) is 4.98 Å². The molecule has 1 unspecified atom stereocenters. The fourth-order valence-electron chi connectivity index (χ4n) is 1.06. The van der Waals surface area contributed by atoms with Gasteiger partial charge in [-0.3, -0.25) is 0 Å². The first-order valence-corrected chi connectivity index (χ1v) is 4.50. The number of nitrogens with one attached hydrogen (secondary N) is 1. The summed E-state index contributed by atoms with van der Waals surface area (Å²) in [4.78, 5) is 4.10. The first kappa shape index (κ1) is 10.2. The number of aryl methyl sites for hydroxylation is 1. The van der Waals surface area contributed by atoms with Crippen molar-refractivity contribution in [1.82, 2.24) is 10.3 Å². The van der Waals surface area contributed by atoms with Crippen molar-refractivity contribution in [2.24, 2.45) is 0 Å². The zero-order chi connectivity index (χ0) is 9.68. The zero-order valence-corrected chi connectivity index (χ0v) is 8.08. The molecule has 2 N–H and O–H groups in total. The molecule has 0 aliphatic heterocycles. The predicted molar refractivity (Wildman–Crippen MR) is 49.4 cm³/mol. The van der Waals surface area contributed by atoms with Gasteiger partial charge in [-0.15, -0.1) is 0 Å². The first-order valence-electron chi connectivity index (χ1n) is 4.50. The van der Waals surface area contributed by atoms with Crippen LogP contribution in [0.15, 0.2) is 10.6 Å². The lowest BCUT2D eigenvalue weighted by Crippen LogP contribution is -2.20. The number of rotatable bonds is 5. The van der Waals surface area contributed by atoms with Crippen LogP contribution in [-0.4, -0.2) is 23.2 Å². The molecule has 0 amide bonds. The summed E-state index contributed by atoms with van der Waals surface area (Å²) in [7, 11) is 0. The largest absolute Gasteiger partial charge is 0.444 e. The fourth-order valence-corrected chi connectivity index (χ4v) is 1.06. The van der Waals surface area contributed by atoms with E-state index in [1.165, 1.54) is 0 Å². The maximum Gasteiger partial charge on any atom is 0.211 e. The highest BCUT2D eigenvalue weighted by atomic mass is 16.4. The lowest BCUT2D eigenvalue weighted by Gasteiger charge is -2.08. The van der Waals surface area contributed by atoms with Crippen molar-refractivity contribution in [2.45, 2.75) is 26.3 Å². The van der Waals surface area contributed by atoms with Crippen LogP contribution in [-0.2, 0) is 0 Å². The molecule has 74 valence electrons. The van der Waals surface area contributed by atoms with Crippen molar-refractivity contribution < 1.29 is 9.52 Å². The lowest BCUT2D eigenvalue weighted by molar-refractivity contribution is 0.281. The summed E-state index contributed by atoms with van der Waals surface area (Å²) in [5, 5.41) is 11.8. The van der Waals surface area contributed by atoms with Gasteiger partial charge in [0, 0.05) is 6.61 Å². The summed E-state index contributed by atoms with van der Waals surface area (Å²) in [5.41, 5.74) is 0. The van der Waals surface area contributed by atoms with Crippen LogP contribution in [0.5, 0.6) is 0 Å². The van der Waals surface area contributed by atoms with E-state index in [0.717, 1.165) is 18.7 Å². The highest BCUT2D eigenvalue weighted by molar-refractivity contribution is 4.94. The highest BCUT2D eigenvalue weighted by Gasteiger charge is 2.09. The van der Waals surface area contributed by atoms with E-state index in [4.69, 9.17) is 9.52 Å². The average molecular weight is 184 g/mol. The van der Waals surface area contributed by atoms with Crippen LogP contribution in [0, 0.1) is 6.92 Å². The molecule has 0 saturated carbocycles. The van der Waals surface area contributed by atoms with E-state index in [0.29, 0.717) is 5.89 Å². The minimum absolute atomic E-state index is 0.111. The van der Waals surface area contributed by atoms with Crippen LogP contribution in [0.4, 0.5) is 0 Å². The van der Waals surface area contributed by atoms with Gasteiger partial charge in [-0.1, -0.05) is 0 Å². The zero-order valence-electron chi connectivity index (χ0n) is 8.08. The lowest BCUT2D eigenvalue weighted by atomic mass is 10.3. The maximum absolute atomic E-state index is 8.57. The molecule has 0 aromatic carbocycles. The summed E-state index contributed by atoms with van der Waals surface area (Å²) in [6, 6.07) is 0.111. The molecule has 0 bridgehead atoms. The van der Waals surface area contributed by atoms with Crippen LogP contribution in [0.2, 0.25) is 0 Å². The van der Waals surface area contributed by atoms with Gasteiger partial charge in [0.15, 0.2) is 0 Å². The monoisotopic (exact) mass is 184 g/mol. The van der Waals surface area contributed by atoms with Gasteiger partial charge in [-0.05, 0) is 26.8 Å². The number of hydrogen-bond acceptors (Lipinski definition) is 4. The maximum atomic E-state index is 8.57. The van der Waals surface area contributed by atoms with Gasteiger partial charge in [0.05, 0.1) is 12.2 Å². The molecule has 1 aromatic heterocycles. The molecule has 1 aromatic rings. The predicted octanol–water partition coefficient (Wildman–Crippen LogP) is 1.02. The molecule has 0 aliphatic rings. The molecule has 4 heteroatoms. The molecule has 0 spiro atoms. The van der Waals surface area contributed by atoms with E-state index in [-0.39, 0.29) is 12.6 Å². The van der Waals surface area contributed by atoms with Gasteiger partial charge >= 0.3 is 0 Å². The van der Waals surface area contributed by atoms with Crippen molar-refractivity contribution in [3.8, 4) is 0 Å². The van der Waals surface area contributed by atoms with Crippen LogP contribution in [0.1, 0.15) is 31.0 Å². The number of oxazole rings is 1. The molecule has 1 atom stereocenters. The van der Waals surface area contributed by atoms with E-state index in [1.54, 1.807) is 6.20 Å². The van der Waals surface area contributed by atoms with Gasteiger partial charge in [0.25, 0.3) is 0 Å². The Kier molecular flexibility index (Phi) is 3.92. The Labute approximate surface area is 78.0 Å². The quantitative estimate of drug-likeness (QED) is 0.671. The summed E-state index contributed by atoms with van der Waals surface area (Å²) in [6.07, 6.45) is 2.46. The highest BCUT2D eigenvalue weighted by Crippen LogP contribution is 2.11. The summed E-state index contributed by atoms with van der Waals surface area (Å²) in [5.74, 6) is 1.53. The minimum atomic E-state index is 0.111. The Morgan fingerprint density at radius 2 is 2.46 bits per heavy atom. The molecule has 1 heterocycles. The molecular weight excluding hydrogens is 168 g/mol. The SMILES string of the molecule is Cc1cnc(C(C)NCCCO)o1. The molecule has 0 saturated heterocycles. The number of nitrogens with zero attached hydrogens (tertiary/aromatic N) is 1. The van der Waals surface area contributed by atoms with Crippen LogP contribution >= 0.6 is 0 Å². The van der Waals surface area contributed by atoms with E-state index < -0.39 is 0 Å². The Hall–Kier alpha value is -0.870. The number of aromatic nitrogens is 1. The van der Waals surface area contributed by atoms with E-state index >= 15 is 0 Å². The molecular formula is C9H16N2O2. The van der Waals surface area contributed by atoms with Gasteiger partial charge in [-0.2, -0.15) is 0 Å². The smallest absolute Gasteiger partial charge is 0.211 e. The number of hydrogen-bond donors (Lipinski definition) is 2. The Morgan fingerprint density at radius 3 is 3.00 bits per heavy atom. The van der Waals surface area contributed by atoms with Crippen molar-refractivity contribution in [3.05, 3.63) is 17.8 Å². The van der Waals surface area contributed by atoms with Gasteiger partial charge < -0.3 is 14.8 Å². The third-order valence-electron chi connectivity index (χ3n) is 1.79. The Balaban J connectivity index is 2.35. The Bertz CT molecular complexity index is 248. The fraction of sp³-hybridized carbons (Fsp3) is 0.667. The van der Waals surface area contributed by atoms with Gasteiger partial charge in [0.2, 0.25) is 5.89 Å². The Morgan fingerprint density at radius 1 is 1.69 bits per heavy atom. The normalized spacial score (nSPS) is 13.2. The number of aliphatic hydroxyl groups excluding tert-OH is 1. The third-order valence-corrected chi connectivity index (χ3v) is 1.79. The van der Waals surface area contributed by atoms with Crippen molar-refractivity contribution in [3.63, 3.8) is 0 Å². The third kappa shape index (κ3) is 3.16. The second-order valence-electron chi connectivity index (χ2n) is 3.06. The summed E-state index contributed by atoms with van der Waals surface area (Å²) >= 11 is 0. The molecule has 0 aliphatic carbocycles. The van der Waals surface area contributed by atoms with E-state index in [1.807, 2.05) is 13.8 Å². The average Bonchev–Trinajstić information content (AvgIpc) is 2.52. The molecule has 1 rings (SSSR count). The van der Waals surface area contributed by atoms with E-state index in [2.05, 4.69) is 10.3 Å². The molecule has 13 heavy (non-hydrogen) atoms. The van der Waals surface area contributed by atoms with Crippen molar-refractivity contribution in [2.75, 3.05) is 13.2 Å². The second-order valence-corrected chi connectivity index (χ2v) is 3.06. The summed E-state index contributed by atoms with van der Waals surface area (Å²) < 4.78 is 5.34. The minimum Gasteiger partial charge on any atom is -0.444 e. The van der Waals surface area contributed by atoms with Crippen LogP contribution in [0.25, 0.3) is 0 Å². The number of aliphatic hydroxyl groups is 1. The van der Waals surface area contributed by atoms with Crippen LogP contribution < -0.4 is 5.32 Å². The topological polar surface area (TPSA) is 58.3 Å². The van der Waals surface area contributed by atoms with Gasteiger partial charge in [0.1, 0.15) is 5.76 Å². The second kappa shape index (κ2) is 4.99. The molecule has 4 nitrogen and oxygen atoms in total. The van der Waals surface area contributed by atoms with Crippen molar-refractivity contribution >= 4 is 0 Å². The standard InChI is InChI=1S/C9H16N2O2/c1-7-6-11-9(13-7)8(2)10-4-3-5-12/h6,8,10,12H,3-5H2,1-2H3. The van der Waals surface area contributed by atoms with E-state index in [9.17, 15) is 0 Å².